The molecule has 4 aromatic rings. The maximum Gasteiger partial charge on any atom is 0.197 e. The Morgan fingerprint density at radius 2 is 2.04 bits per heavy atom. The van der Waals surface area contributed by atoms with Gasteiger partial charge in [0, 0.05) is 5.56 Å². The van der Waals surface area contributed by atoms with Crippen molar-refractivity contribution in [3.05, 3.63) is 72.3 Å². The molecule has 1 atom stereocenters. The first-order valence-electron chi connectivity index (χ1n) is 8.32. The summed E-state index contributed by atoms with van der Waals surface area (Å²) in [5.41, 5.74) is 3.98. The molecule has 0 spiro atoms. The molecule has 7 heteroatoms. The number of nitrogens with zero attached hydrogens (tertiary/aromatic N) is 5. The Morgan fingerprint density at radius 3 is 2.73 bits per heavy atom. The zero-order chi connectivity index (χ0) is 17.9. The van der Waals surface area contributed by atoms with Crippen molar-refractivity contribution in [1.82, 2.24) is 30.2 Å². The molecule has 3 heterocycles. The van der Waals surface area contributed by atoms with Crippen LogP contribution in [-0.2, 0) is 0 Å². The molecule has 0 radical (unpaired) electrons. The molecular weight excluding hydrogens is 328 g/mol. The standard InChI is InChI=1S/C19H18N6O/c1-13(11-16-9-6-10-26-16)18-17(15-7-4-3-5-8-15)20-12-25(18)14(2)19-21-23-24-22-19/h3-12,14H,1-2H3,(H,21,22,23,24)/b13-11+/t14-/m0/s1. The van der Waals surface area contributed by atoms with Crippen LogP contribution in [0.15, 0.2) is 59.5 Å². The first-order chi connectivity index (χ1) is 12.7. The third-order valence-corrected chi connectivity index (χ3v) is 4.27. The van der Waals surface area contributed by atoms with Crippen LogP contribution in [0.1, 0.15) is 37.2 Å². The molecule has 26 heavy (non-hydrogen) atoms. The number of tetrazole rings is 1. The fourth-order valence-electron chi connectivity index (χ4n) is 2.98. The molecule has 0 aliphatic heterocycles. The van der Waals surface area contributed by atoms with E-state index in [9.17, 15) is 0 Å². The number of rotatable bonds is 5. The minimum absolute atomic E-state index is 0.117. The predicted molar refractivity (Wildman–Crippen MR) is 97.9 cm³/mol. The van der Waals surface area contributed by atoms with E-state index in [1.807, 2.05) is 56.6 Å². The highest BCUT2D eigenvalue weighted by atomic mass is 16.3. The van der Waals surface area contributed by atoms with Crippen LogP contribution in [0.25, 0.3) is 22.9 Å². The summed E-state index contributed by atoms with van der Waals surface area (Å²) in [4.78, 5) is 4.67. The van der Waals surface area contributed by atoms with Crippen LogP contribution >= 0.6 is 0 Å². The summed E-state index contributed by atoms with van der Waals surface area (Å²) in [6.45, 7) is 4.07. The minimum Gasteiger partial charge on any atom is -0.465 e. The van der Waals surface area contributed by atoms with Crippen molar-refractivity contribution in [1.29, 1.82) is 0 Å². The fraction of sp³-hybridized carbons (Fsp3) is 0.158. The molecule has 0 bridgehead atoms. The van der Waals surface area contributed by atoms with E-state index in [0.29, 0.717) is 5.82 Å². The molecular formula is C19H18N6O. The quantitative estimate of drug-likeness (QED) is 0.593. The van der Waals surface area contributed by atoms with Crippen LogP contribution in [0, 0.1) is 0 Å². The van der Waals surface area contributed by atoms with Gasteiger partial charge >= 0.3 is 0 Å². The Morgan fingerprint density at radius 1 is 1.19 bits per heavy atom. The molecule has 0 aliphatic carbocycles. The van der Waals surface area contributed by atoms with Gasteiger partial charge < -0.3 is 8.98 Å². The van der Waals surface area contributed by atoms with Crippen molar-refractivity contribution >= 4 is 11.6 Å². The zero-order valence-electron chi connectivity index (χ0n) is 14.5. The molecule has 0 saturated heterocycles. The Hall–Kier alpha value is -3.48. The Balaban J connectivity index is 1.86. The van der Waals surface area contributed by atoms with Crippen molar-refractivity contribution in [2.24, 2.45) is 0 Å². The summed E-state index contributed by atoms with van der Waals surface area (Å²) in [6, 6.07) is 13.8. The average Bonchev–Trinajstić information content (AvgIpc) is 3.42. The summed E-state index contributed by atoms with van der Waals surface area (Å²) in [6.07, 6.45) is 5.48. The second kappa shape index (κ2) is 6.79. The van der Waals surface area contributed by atoms with E-state index in [1.165, 1.54) is 0 Å². The molecule has 0 unspecified atom stereocenters. The molecule has 1 aromatic carbocycles. The number of allylic oxidation sites excluding steroid dienone is 1. The average molecular weight is 346 g/mol. The number of furan rings is 1. The number of aromatic nitrogens is 6. The van der Waals surface area contributed by atoms with Gasteiger partial charge in [-0.1, -0.05) is 35.5 Å². The molecule has 0 aliphatic rings. The molecule has 3 aromatic heterocycles. The largest absolute Gasteiger partial charge is 0.465 e. The first-order valence-corrected chi connectivity index (χ1v) is 8.32. The van der Waals surface area contributed by atoms with Gasteiger partial charge in [0.2, 0.25) is 0 Å². The third kappa shape index (κ3) is 2.95. The first kappa shape index (κ1) is 16.0. The summed E-state index contributed by atoms with van der Waals surface area (Å²) in [7, 11) is 0. The van der Waals surface area contributed by atoms with Crippen LogP contribution < -0.4 is 0 Å². The van der Waals surface area contributed by atoms with Crippen LogP contribution in [0.4, 0.5) is 0 Å². The fourth-order valence-corrected chi connectivity index (χ4v) is 2.98. The smallest absolute Gasteiger partial charge is 0.197 e. The van der Waals surface area contributed by atoms with Crippen molar-refractivity contribution in [2.45, 2.75) is 19.9 Å². The van der Waals surface area contributed by atoms with Crippen molar-refractivity contribution in [3.63, 3.8) is 0 Å². The van der Waals surface area contributed by atoms with Crippen molar-refractivity contribution in [2.75, 3.05) is 0 Å². The van der Waals surface area contributed by atoms with Gasteiger partial charge in [0.15, 0.2) is 5.82 Å². The van der Waals surface area contributed by atoms with Crippen molar-refractivity contribution in [3.8, 4) is 11.3 Å². The van der Waals surface area contributed by atoms with Gasteiger partial charge in [-0.05, 0) is 37.6 Å². The third-order valence-electron chi connectivity index (χ3n) is 4.27. The van der Waals surface area contributed by atoms with Gasteiger partial charge in [-0.2, -0.15) is 5.21 Å². The SMILES string of the molecule is C/C(=C\c1ccco1)c1c(-c2ccccc2)ncn1[C@@H](C)c1nn[nH]n1. The van der Waals surface area contributed by atoms with Gasteiger partial charge in [-0.3, -0.25) is 0 Å². The minimum atomic E-state index is -0.117. The van der Waals surface area contributed by atoms with Gasteiger partial charge in [0.1, 0.15) is 5.76 Å². The number of hydrogen-bond acceptors (Lipinski definition) is 5. The molecule has 0 saturated carbocycles. The summed E-state index contributed by atoms with van der Waals surface area (Å²) in [5, 5.41) is 14.4. The number of hydrogen-bond donors (Lipinski definition) is 1. The van der Waals surface area contributed by atoms with Crippen LogP contribution in [0.3, 0.4) is 0 Å². The normalized spacial score (nSPS) is 13.1. The number of nitrogens with one attached hydrogen (secondary N) is 1. The number of H-pyrrole nitrogens is 1. The van der Waals surface area contributed by atoms with E-state index < -0.39 is 0 Å². The lowest BCUT2D eigenvalue weighted by molar-refractivity contribution is 0.557. The van der Waals surface area contributed by atoms with Gasteiger partial charge in [0.05, 0.1) is 30.0 Å². The molecule has 4 rings (SSSR count). The topological polar surface area (TPSA) is 85.4 Å². The van der Waals surface area contributed by atoms with E-state index >= 15 is 0 Å². The summed E-state index contributed by atoms with van der Waals surface area (Å²) in [5.74, 6) is 1.40. The van der Waals surface area contributed by atoms with E-state index in [-0.39, 0.29) is 6.04 Å². The number of benzene rings is 1. The lowest BCUT2D eigenvalue weighted by Gasteiger charge is -2.15. The van der Waals surface area contributed by atoms with E-state index in [1.54, 1.807) is 6.26 Å². The highest BCUT2D eigenvalue weighted by Crippen LogP contribution is 2.32. The van der Waals surface area contributed by atoms with Crippen molar-refractivity contribution < 1.29 is 4.42 Å². The molecule has 1 N–H and O–H groups in total. The monoisotopic (exact) mass is 346 g/mol. The van der Waals surface area contributed by atoms with E-state index in [4.69, 9.17) is 4.42 Å². The second-order valence-electron chi connectivity index (χ2n) is 6.00. The Kier molecular flexibility index (Phi) is 4.18. The maximum absolute atomic E-state index is 5.47. The predicted octanol–water partition coefficient (Wildman–Crippen LogP) is 3.83. The summed E-state index contributed by atoms with van der Waals surface area (Å²) >= 11 is 0. The molecule has 130 valence electrons. The lowest BCUT2D eigenvalue weighted by Crippen LogP contribution is -2.10. The van der Waals surface area contributed by atoms with Gasteiger partial charge in [0.25, 0.3) is 0 Å². The molecule has 0 fully saturated rings. The van der Waals surface area contributed by atoms with Crippen LogP contribution in [0.5, 0.6) is 0 Å². The molecule has 0 amide bonds. The second-order valence-corrected chi connectivity index (χ2v) is 6.00. The highest BCUT2D eigenvalue weighted by Gasteiger charge is 2.21. The van der Waals surface area contributed by atoms with Gasteiger partial charge in [-0.15, -0.1) is 10.2 Å². The van der Waals surface area contributed by atoms with Crippen LogP contribution in [0.2, 0.25) is 0 Å². The van der Waals surface area contributed by atoms with Crippen LogP contribution in [-0.4, -0.2) is 30.2 Å². The Bertz CT molecular complexity index is 1000. The molecule has 7 nitrogen and oxygen atoms in total. The maximum atomic E-state index is 5.47. The number of imidazole rings is 1. The van der Waals surface area contributed by atoms with Gasteiger partial charge in [-0.25, -0.2) is 4.98 Å². The lowest BCUT2D eigenvalue weighted by atomic mass is 10.0. The highest BCUT2D eigenvalue weighted by molar-refractivity contribution is 5.84. The van der Waals surface area contributed by atoms with E-state index in [2.05, 4.69) is 42.3 Å². The summed E-state index contributed by atoms with van der Waals surface area (Å²) < 4.78 is 7.53. The zero-order valence-corrected chi connectivity index (χ0v) is 14.5. The number of aromatic amines is 1. The van der Waals surface area contributed by atoms with E-state index in [0.717, 1.165) is 28.3 Å². The Labute approximate surface area is 150 Å².